The zero-order valence-electron chi connectivity index (χ0n) is 18.8. The summed E-state index contributed by atoms with van der Waals surface area (Å²) in [5.74, 6) is -1.12. The molecule has 2 aromatic heterocycles. The smallest absolute Gasteiger partial charge is 0.351 e. The zero-order chi connectivity index (χ0) is 23.5. The van der Waals surface area contributed by atoms with Gasteiger partial charge in [0.1, 0.15) is 17.1 Å². The number of hydrogen-bond acceptors (Lipinski definition) is 7. The second-order valence-corrected chi connectivity index (χ2v) is 8.73. The molecule has 1 N–H and O–H groups in total. The first-order valence-corrected chi connectivity index (χ1v) is 11.6. The standard InChI is InChI=1S/C25H30O6S/c1-4-5-10-18-12-13-19(32-18)14-15-20(26)24-21(27)16-22(31-25(24)29)17(2)9-7-6-8-11-23(28)30-3/h6,8,12-17,27H,4-5,7,9-11H2,1-3H3/b8-6+,15-14?. The molecular formula is C25H30O6S. The van der Waals surface area contributed by atoms with E-state index in [1.807, 2.05) is 25.1 Å². The normalized spacial score (nSPS) is 12.5. The van der Waals surface area contributed by atoms with E-state index in [0.717, 1.165) is 24.1 Å². The molecule has 0 saturated heterocycles. The molecule has 2 aromatic rings. The minimum Gasteiger partial charge on any atom is -0.507 e. The van der Waals surface area contributed by atoms with Gasteiger partial charge in [0, 0.05) is 21.7 Å². The van der Waals surface area contributed by atoms with Crippen LogP contribution in [0.4, 0.5) is 0 Å². The molecule has 0 aliphatic rings. The van der Waals surface area contributed by atoms with Crippen molar-refractivity contribution in [3.8, 4) is 5.75 Å². The van der Waals surface area contributed by atoms with Crippen LogP contribution in [0.15, 0.2) is 45.6 Å². The van der Waals surface area contributed by atoms with Crippen molar-refractivity contribution in [3.63, 3.8) is 0 Å². The maximum Gasteiger partial charge on any atom is 0.351 e. The Hall–Kier alpha value is -2.93. The van der Waals surface area contributed by atoms with Crippen LogP contribution in [0, 0.1) is 0 Å². The van der Waals surface area contributed by atoms with Crippen molar-refractivity contribution >= 4 is 29.2 Å². The minimum atomic E-state index is -0.849. The van der Waals surface area contributed by atoms with Gasteiger partial charge < -0.3 is 14.3 Å². The van der Waals surface area contributed by atoms with Crippen LogP contribution in [-0.4, -0.2) is 24.0 Å². The highest BCUT2D eigenvalue weighted by atomic mass is 32.1. The molecule has 0 fully saturated rings. The van der Waals surface area contributed by atoms with Crippen molar-refractivity contribution in [3.05, 3.63) is 67.9 Å². The fourth-order valence-electron chi connectivity index (χ4n) is 3.05. The first kappa shape index (κ1) is 25.3. The van der Waals surface area contributed by atoms with Gasteiger partial charge in [0.05, 0.1) is 13.5 Å². The molecular weight excluding hydrogens is 428 g/mol. The van der Waals surface area contributed by atoms with Crippen LogP contribution in [0.25, 0.3) is 6.08 Å². The highest BCUT2D eigenvalue weighted by molar-refractivity contribution is 7.12. The van der Waals surface area contributed by atoms with Crippen LogP contribution in [0.3, 0.4) is 0 Å². The lowest BCUT2D eigenvalue weighted by molar-refractivity contribution is -0.139. The predicted molar refractivity (Wildman–Crippen MR) is 126 cm³/mol. The molecule has 6 nitrogen and oxygen atoms in total. The van der Waals surface area contributed by atoms with Gasteiger partial charge in [-0.15, -0.1) is 11.3 Å². The van der Waals surface area contributed by atoms with Gasteiger partial charge in [0.15, 0.2) is 5.78 Å². The van der Waals surface area contributed by atoms with E-state index in [-0.39, 0.29) is 29.6 Å². The number of thiophene rings is 1. The van der Waals surface area contributed by atoms with Crippen molar-refractivity contribution in [1.82, 2.24) is 0 Å². The Morgan fingerprint density at radius 2 is 2.06 bits per heavy atom. The predicted octanol–water partition coefficient (Wildman–Crippen LogP) is 5.65. The van der Waals surface area contributed by atoms with Gasteiger partial charge in [0.2, 0.25) is 0 Å². The Morgan fingerprint density at radius 1 is 1.28 bits per heavy atom. The summed E-state index contributed by atoms with van der Waals surface area (Å²) in [6.07, 6.45) is 11.3. The molecule has 1 atom stereocenters. The lowest BCUT2D eigenvalue weighted by Gasteiger charge is -2.10. The molecule has 2 rings (SSSR count). The quantitative estimate of drug-likeness (QED) is 0.191. The SMILES string of the molecule is CCCCc1ccc(C=CC(=O)c2c(O)cc(C(C)CC/C=C/CC(=O)OC)oc2=O)s1. The number of allylic oxidation sites excluding steroid dienone is 2. The lowest BCUT2D eigenvalue weighted by Crippen LogP contribution is -2.14. The average Bonchev–Trinajstić information content (AvgIpc) is 3.22. The molecule has 0 saturated carbocycles. The Labute approximate surface area is 192 Å². The number of aromatic hydroxyl groups is 1. The third kappa shape index (κ3) is 7.64. The lowest BCUT2D eigenvalue weighted by atomic mass is 10.0. The van der Waals surface area contributed by atoms with Gasteiger partial charge in [-0.1, -0.05) is 32.4 Å². The molecule has 0 bridgehead atoms. The van der Waals surface area contributed by atoms with E-state index in [1.54, 1.807) is 23.5 Å². The Balaban J connectivity index is 2.01. The number of hydrogen-bond donors (Lipinski definition) is 1. The number of methoxy groups -OCH3 is 1. The monoisotopic (exact) mass is 458 g/mol. The molecule has 0 aliphatic heterocycles. The van der Waals surface area contributed by atoms with E-state index < -0.39 is 11.4 Å². The zero-order valence-corrected chi connectivity index (χ0v) is 19.6. The van der Waals surface area contributed by atoms with Crippen molar-refractivity contribution < 1.29 is 23.8 Å². The summed E-state index contributed by atoms with van der Waals surface area (Å²) >= 11 is 1.60. The van der Waals surface area contributed by atoms with Gasteiger partial charge in [-0.3, -0.25) is 9.59 Å². The average molecular weight is 459 g/mol. The molecule has 0 radical (unpaired) electrons. The van der Waals surface area contributed by atoms with Gasteiger partial charge >= 0.3 is 11.6 Å². The molecule has 0 aromatic carbocycles. The van der Waals surface area contributed by atoms with Crippen LogP contribution >= 0.6 is 11.3 Å². The fourth-order valence-corrected chi connectivity index (χ4v) is 4.01. The summed E-state index contributed by atoms with van der Waals surface area (Å²) < 4.78 is 9.88. The topological polar surface area (TPSA) is 93.8 Å². The van der Waals surface area contributed by atoms with E-state index in [1.165, 1.54) is 24.1 Å². The summed E-state index contributed by atoms with van der Waals surface area (Å²) in [5, 5.41) is 10.3. The molecule has 0 amide bonds. The number of esters is 1. The highest BCUT2D eigenvalue weighted by Gasteiger charge is 2.19. The van der Waals surface area contributed by atoms with Gasteiger partial charge in [0.25, 0.3) is 0 Å². The number of carbonyl (C=O) groups is 2. The maximum atomic E-state index is 12.5. The third-order valence-corrected chi connectivity index (χ3v) is 6.10. The largest absolute Gasteiger partial charge is 0.507 e. The number of unbranched alkanes of at least 4 members (excludes halogenated alkanes) is 1. The van der Waals surface area contributed by atoms with Crippen LogP contribution in [0.5, 0.6) is 5.75 Å². The summed E-state index contributed by atoms with van der Waals surface area (Å²) in [5.41, 5.74) is -1.21. The van der Waals surface area contributed by atoms with Crippen LogP contribution in [-0.2, 0) is 16.0 Å². The molecule has 172 valence electrons. The Kier molecular flexibility index (Phi) is 10.1. The van der Waals surface area contributed by atoms with Crippen LogP contribution in [0.1, 0.15) is 77.7 Å². The van der Waals surface area contributed by atoms with Gasteiger partial charge in [-0.2, -0.15) is 0 Å². The second kappa shape index (κ2) is 12.8. The first-order valence-electron chi connectivity index (χ1n) is 10.8. The fraction of sp³-hybridized carbons (Fsp3) is 0.400. The van der Waals surface area contributed by atoms with Gasteiger partial charge in [-0.05, 0) is 50.0 Å². The first-order chi connectivity index (χ1) is 15.3. The van der Waals surface area contributed by atoms with E-state index >= 15 is 0 Å². The number of ether oxygens (including phenoxy) is 1. The van der Waals surface area contributed by atoms with Crippen molar-refractivity contribution in [2.75, 3.05) is 7.11 Å². The summed E-state index contributed by atoms with van der Waals surface area (Å²) in [7, 11) is 1.34. The van der Waals surface area contributed by atoms with E-state index in [0.29, 0.717) is 18.6 Å². The Morgan fingerprint density at radius 3 is 2.75 bits per heavy atom. The minimum absolute atomic E-state index is 0.149. The summed E-state index contributed by atoms with van der Waals surface area (Å²) in [6.45, 7) is 4.00. The van der Waals surface area contributed by atoms with E-state index in [9.17, 15) is 19.5 Å². The molecule has 1 unspecified atom stereocenters. The molecule has 0 spiro atoms. The van der Waals surface area contributed by atoms with Crippen molar-refractivity contribution in [1.29, 1.82) is 0 Å². The molecule has 0 aliphatic carbocycles. The summed E-state index contributed by atoms with van der Waals surface area (Å²) in [6, 6.07) is 5.31. The number of carbonyl (C=O) groups excluding carboxylic acids is 2. The number of aryl methyl sites for hydroxylation is 1. The van der Waals surface area contributed by atoms with E-state index in [2.05, 4.69) is 11.7 Å². The van der Waals surface area contributed by atoms with Crippen LogP contribution in [0.2, 0.25) is 0 Å². The Bertz CT molecular complexity index is 1030. The van der Waals surface area contributed by atoms with Crippen LogP contribution < -0.4 is 5.63 Å². The van der Waals surface area contributed by atoms with E-state index in [4.69, 9.17) is 4.42 Å². The molecule has 32 heavy (non-hydrogen) atoms. The van der Waals surface area contributed by atoms with Gasteiger partial charge in [-0.25, -0.2) is 4.79 Å². The highest BCUT2D eigenvalue weighted by Crippen LogP contribution is 2.26. The third-order valence-electron chi connectivity index (χ3n) is 4.99. The number of ketones is 1. The van der Waals surface area contributed by atoms with Crippen molar-refractivity contribution in [2.45, 2.75) is 58.3 Å². The van der Waals surface area contributed by atoms with Crippen molar-refractivity contribution in [2.24, 2.45) is 0 Å². The number of rotatable bonds is 12. The molecule has 2 heterocycles. The molecule has 7 heteroatoms. The second-order valence-electron chi connectivity index (χ2n) is 7.53. The summed E-state index contributed by atoms with van der Waals surface area (Å²) in [4.78, 5) is 38.1. The maximum absolute atomic E-state index is 12.5.